The molecule has 0 fully saturated rings. The Labute approximate surface area is 140 Å². The smallest absolute Gasteiger partial charge is 0.275 e. The third-order valence-corrected chi connectivity index (χ3v) is 4.56. The number of aromatic nitrogens is 1. The van der Waals surface area contributed by atoms with Crippen LogP contribution in [0.1, 0.15) is 27.2 Å². The van der Waals surface area contributed by atoms with Gasteiger partial charge in [-0.25, -0.2) is 4.98 Å². The van der Waals surface area contributed by atoms with E-state index in [-0.39, 0.29) is 5.91 Å². The second-order valence-corrected chi connectivity index (χ2v) is 6.49. The highest BCUT2D eigenvalue weighted by molar-refractivity contribution is 7.13. The number of anilines is 1. The average Bonchev–Trinajstić information content (AvgIpc) is 3.01. The Morgan fingerprint density at radius 3 is 2.35 bits per heavy atom. The van der Waals surface area contributed by atoms with Crippen molar-refractivity contribution < 1.29 is 4.79 Å². The van der Waals surface area contributed by atoms with Gasteiger partial charge in [0, 0.05) is 16.6 Å². The minimum Gasteiger partial charge on any atom is -0.320 e. The molecule has 1 aromatic heterocycles. The Morgan fingerprint density at radius 2 is 1.70 bits per heavy atom. The predicted octanol–water partition coefficient (Wildman–Crippen LogP) is 4.99. The SMILES string of the molecule is Cc1cc(C)c(NC(=O)c2csc(-c3ccccc3)n2)c(C)c1. The number of hydrogen-bond donors (Lipinski definition) is 1. The second kappa shape index (κ2) is 6.34. The van der Waals surface area contributed by atoms with Crippen molar-refractivity contribution in [2.45, 2.75) is 20.8 Å². The van der Waals surface area contributed by atoms with Crippen LogP contribution in [-0.4, -0.2) is 10.9 Å². The standard InChI is InChI=1S/C19H18N2OS/c1-12-9-13(2)17(14(3)10-12)21-18(22)16-11-23-19(20-16)15-7-5-4-6-8-15/h4-11H,1-3H3,(H,21,22). The number of carbonyl (C=O) groups is 1. The summed E-state index contributed by atoms with van der Waals surface area (Å²) in [5.41, 5.74) is 5.67. The first-order valence-electron chi connectivity index (χ1n) is 7.45. The molecule has 2 aromatic carbocycles. The summed E-state index contributed by atoms with van der Waals surface area (Å²) >= 11 is 1.48. The molecule has 0 aliphatic heterocycles. The summed E-state index contributed by atoms with van der Waals surface area (Å²) in [4.78, 5) is 16.9. The van der Waals surface area contributed by atoms with Crippen LogP contribution in [0.25, 0.3) is 10.6 Å². The predicted molar refractivity (Wildman–Crippen MR) is 96.2 cm³/mol. The van der Waals surface area contributed by atoms with Crippen LogP contribution in [0.15, 0.2) is 47.8 Å². The lowest BCUT2D eigenvalue weighted by molar-refractivity contribution is 0.102. The van der Waals surface area contributed by atoms with Crippen molar-refractivity contribution >= 4 is 22.9 Å². The van der Waals surface area contributed by atoms with Crippen LogP contribution in [0.2, 0.25) is 0 Å². The Hall–Kier alpha value is -2.46. The number of nitrogens with one attached hydrogen (secondary N) is 1. The number of amides is 1. The Balaban J connectivity index is 1.84. The summed E-state index contributed by atoms with van der Waals surface area (Å²) in [6, 6.07) is 14.0. The van der Waals surface area contributed by atoms with Crippen molar-refractivity contribution in [3.63, 3.8) is 0 Å². The van der Waals surface area contributed by atoms with Gasteiger partial charge in [-0.3, -0.25) is 4.79 Å². The van der Waals surface area contributed by atoms with E-state index in [0.717, 1.165) is 27.4 Å². The number of benzene rings is 2. The number of rotatable bonds is 3. The van der Waals surface area contributed by atoms with Crippen molar-refractivity contribution in [2.24, 2.45) is 0 Å². The molecule has 1 amide bonds. The van der Waals surface area contributed by atoms with Crippen LogP contribution >= 0.6 is 11.3 Å². The molecule has 0 aliphatic carbocycles. The first-order chi connectivity index (χ1) is 11.0. The van der Waals surface area contributed by atoms with E-state index in [1.807, 2.05) is 44.2 Å². The first kappa shape index (κ1) is 15.4. The summed E-state index contributed by atoms with van der Waals surface area (Å²) < 4.78 is 0. The zero-order valence-electron chi connectivity index (χ0n) is 13.4. The molecule has 0 spiro atoms. The lowest BCUT2D eigenvalue weighted by Crippen LogP contribution is -2.14. The van der Waals surface area contributed by atoms with Crippen molar-refractivity contribution in [2.75, 3.05) is 5.32 Å². The molecule has 0 saturated heterocycles. The topological polar surface area (TPSA) is 42.0 Å². The molecule has 0 atom stereocenters. The molecule has 0 saturated carbocycles. The number of nitrogens with zero attached hydrogens (tertiary/aromatic N) is 1. The summed E-state index contributed by atoms with van der Waals surface area (Å²) in [7, 11) is 0. The molecule has 3 nitrogen and oxygen atoms in total. The van der Waals surface area contributed by atoms with Crippen molar-refractivity contribution in [1.29, 1.82) is 0 Å². The summed E-state index contributed by atoms with van der Waals surface area (Å²) in [6.07, 6.45) is 0. The Kier molecular flexibility index (Phi) is 4.26. The van der Waals surface area contributed by atoms with Crippen LogP contribution in [0.4, 0.5) is 5.69 Å². The Morgan fingerprint density at radius 1 is 1.04 bits per heavy atom. The number of thiazole rings is 1. The van der Waals surface area contributed by atoms with Gasteiger partial charge in [-0.05, 0) is 31.9 Å². The molecule has 23 heavy (non-hydrogen) atoms. The van der Waals surface area contributed by atoms with Crippen molar-refractivity contribution in [3.05, 3.63) is 70.2 Å². The molecule has 0 unspecified atom stereocenters. The van der Waals surface area contributed by atoms with Crippen LogP contribution in [0.3, 0.4) is 0 Å². The van der Waals surface area contributed by atoms with E-state index in [4.69, 9.17) is 0 Å². The summed E-state index contributed by atoms with van der Waals surface area (Å²) in [5, 5.41) is 5.65. The Bertz CT molecular complexity index is 830. The summed E-state index contributed by atoms with van der Waals surface area (Å²) in [6.45, 7) is 6.07. The summed E-state index contributed by atoms with van der Waals surface area (Å²) in [5.74, 6) is -0.168. The fraction of sp³-hybridized carbons (Fsp3) is 0.158. The zero-order valence-corrected chi connectivity index (χ0v) is 14.2. The molecule has 116 valence electrons. The lowest BCUT2D eigenvalue weighted by atomic mass is 10.1. The normalized spacial score (nSPS) is 10.6. The molecule has 4 heteroatoms. The van der Waals surface area contributed by atoms with E-state index in [9.17, 15) is 4.79 Å². The molecular formula is C19H18N2OS. The van der Waals surface area contributed by atoms with Crippen LogP contribution in [0.5, 0.6) is 0 Å². The van der Waals surface area contributed by atoms with Crippen LogP contribution < -0.4 is 5.32 Å². The molecule has 0 radical (unpaired) electrons. The average molecular weight is 322 g/mol. The molecule has 1 heterocycles. The minimum atomic E-state index is -0.168. The molecule has 1 N–H and O–H groups in total. The third-order valence-electron chi connectivity index (χ3n) is 3.67. The van der Waals surface area contributed by atoms with Gasteiger partial charge in [0.25, 0.3) is 5.91 Å². The molecule has 0 aliphatic rings. The van der Waals surface area contributed by atoms with Crippen molar-refractivity contribution in [3.8, 4) is 10.6 Å². The lowest BCUT2D eigenvalue weighted by Gasteiger charge is -2.11. The molecule has 0 bridgehead atoms. The maximum atomic E-state index is 12.5. The van der Waals surface area contributed by atoms with E-state index >= 15 is 0 Å². The van der Waals surface area contributed by atoms with Gasteiger partial charge >= 0.3 is 0 Å². The molecule has 3 aromatic rings. The highest BCUT2D eigenvalue weighted by Crippen LogP contribution is 2.25. The molecular weight excluding hydrogens is 304 g/mol. The van der Waals surface area contributed by atoms with Crippen molar-refractivity contribution in [1.82, 2.24) is 4.98 Å². The van der Waals surface area contributed by atoms with Gasteiger partial charge in [0.15, 0.2) is 0 Å². The van der Waals surface area contributed by atoms with Crippen LogP contribution in [0, 0.1) is 20.8 Å². The van der Waals surface area contributed by atoms with Crippen LogP contribution in [-0.2, 0) is 0 Å². The zero-order chi connectivity index (χ0) is 16.4. The highest BCUT2D eigenvalue weighted by Gasteiger charge is 2.14. The largest absolute Gasteiger partial charge is 0.320 e. The van der Waals surface area contributed by atoms with E-state index in [2.05, 4.69) is 29.4 Å². The maximum Gasteiger partial charge on any atom is 0.275 e. The van der Waals surface area contributed by atoms with E-state index < -0.39 is 0 Å². The van der Waals surface area contributed by atoms with E-state index in [1.54, 1.807) is 5.38 Å². The molecule has 3 rings (SSSR count). The van der Waals surface area contributed by atoms with Gasteiger partial charge < -0.3 is 5.32 Å². The number of carbonyl (C=O) groups excluding carboxylic acids is 1. The van der Waals surface area contributed by atoms with Gasteiger partial charge in [0.2, 0.25) is 0 Å². The second-order valence-electron chi connectivity index (χ2n) is 5.63. The van der Waals surface area contributed by atoms with Gasteiger partial charge in [-0.15, -0.1) is 11.3 Å². The fourth-order valence-electron chi connectivity index (χ4n) is 2.65. The van der Waals surface area contributed by atoms with E-state index in [0.29, 0.717) is 5.69 Å². The monoisotopic (exact) mass is 322 g/mol. The third kappa shape index (κ3) is 3.32. The quantitative estimate of drug-likeness (QED) is 0.738. The van der Waals surface area contributed by atoms with E-state index in [1.165, 1.54) is 16.9 Å². The fourth-order valence-corrected chi connectivity index (χ4v) is 3.45. The minimum absolute atomic E-state index is 0.168. The van der Waals surface area contributed by atoms with Gasteiger partial charge in [0.05, 0.1) is 0 Å². The maximum absolute atomic E-state index is 12.5. The first-order valence-corrected chi connectivity index (χ1v) is 8.32. The highest BCUT2D eigenvalue weighted by atomic mass is 32.1. The van der Waals surface area contributed by atoms with Gasteiger partial charge in [-0.1, -0.05) is 48.0 Å². The van der Waals surface area contributed by atoms with Gasteiger partial charge in [-0.2, -0.15) is 0 Å². The van der Waals surface area contributed by atoms with Gasteiger partial charge in [0.1, 0.15) is 10.7 Å². The number of aryl methyl sites for hydroxylation is 3. The number of hydrogen-bond acceptors (Lipinski definition) is 3.